The first-order valence-electron chi connectivity index (χ1n) is 7.39. The van der Waals surface area contributed by atoms with E-state index in [-0.39, 0.29) is 12.4 Å². The maximum absolute atomic E-state index is 12.9. The lowest BCUT2D eigenvalue weighted by Crippen LogP contribution is -1.97. The molecule has 0 aromatic heterocycles. The highest BCUT2D eigenvalue weighted by Gasteiger charge is 1.99. The van der Waals surface area contributed by atoms with Crippen molar-refractivity contribution in [3.05, 3.63) is 54.3 Å². The molecule has 2 nitrogen and oxygen atoms in total. The number of aliphatic hydroxyl groups excluding tert-OH is 1. The Morgan fingerprint density at radius 3 is 1.95 bits per heavy atom. The fraction of sp³-hybridized carbons (Fsp3) is 0.333. The van der Waals surface area contributed by atoms with Gasteiger partial charge >= 0.3 is 0 Å². The van der Waals surface area contributed by atoms with Crippen LogP contribution in [0, 0.1) is 5.82 Å². The van der Waals surface area contributed by atoms with Gasteiger partial charge < -0.3 is 9.84 Å². The molecule has 0 saturated carbocycles. The lowest BCUT2D eigenvalue weighted by atomic mass is 10.1. The molecule has 0 heterocycles. The van der Waals surface area contributed by atoms with Gasteiger partial charge in [0.05, 0.1) is 6.61 Å². The molecule has 0 spiro atoms. The topological polar surface area (TPSA) is 29.5 Å². The van der Waals surface area contributed by atoms with Gasteiger partial charge in [-0.2, -0.15) is 0 Å². The van der Waals surface area contributed by atoms with E-state index in [1.54, 1.807) is 12.1 Å². The minimum absolute atomic E-state index is 0.222. The summed E-state index contributed by atoms with van der Waals surface area (Å²) in [6, 6.07) is 14.3. The number of halogens is 1. The summed E-state index contributed by atoms with van der Waals surface area (Å²) in [6.07, 6.45) is 3.99. The van der Waals surface area contributed by atoms with Crippen molar-refractivity contribution in [2.45, 2.75) is 25.7 Å². The van der Waals surface area contributed by atoms with E-state index in [1.807, 2.05) is 24.3 Å². The molecule has 112 valence electrons. The van der Waals surface area contributed by atoms with Crippen LogP contribution in [0.3, 0.4) is 0 Å². The zero-order chi connectivity index (χ0) is 14.9. The smallest absolute Gasteiger partial charge is 0.123 e. The lowest BCUT2D eigenvalue weighted by Gasteiger charge is -2.07. The van der Waals surface area contributed by atoms with Crippen molar-refractivity contribution in [3.8, 4) is 16.9 Å². The summed E-state index contributed by atoms with van der Waals surface area (Å²) in [5.74, 6) is 0.628. The number of ether oxygens (including phenoxy) is 1. The van der Waals surface area contributed by atoms with Crippen LogP contribution in [-0.2, 0) is 0 Å². The molecule has 0 fully saturated rings. The average Bonchev–Trinajstić information content (AvgIpc) is 2.52. The van der Waals surface area contributed by atoms with E-state index in [0.29, 0.717) is 6.61 Å². The van der Waals surface area contributed by atoms with E-state index in [9.17, 15) is 4.39 Å². The maximum Gasteiger partial charge on any atom is 0.123 e. The Kier molecular flexibility index (Phi) is 6.22. The van der Waals surface area contributed by atoms with Crippen molar-refractivity contribution < 1.29 is 14.2 Å². The summed E-state index contributed by atoms with van der Waals surface area (Å²) in [5.41, 5.74) is 2.04. The third-order valence-corrected chi connectivity index (χ3v) is 3.35. The van der Waals surface area contributed by atoms with Gasteiger partial charge in [-0.1, -0.05) is 30.7 Å². The normalized spacial score (nSPS) is 10.6. The Balaban J connectivity index is 1.80. The van der Waals surface area contributed by atoms with E-state index < -0.39 is 0 Å². The molecule has 21 heavy (non-hydrogen) atoms. The van der Waals surface area contributed by atoms with E-state index in [2.05, 4.69) is 0 Å². The standard InChI is InChI=1S/C18H21FO2/c19-17-9-5-15(6-10-17)16-7-11-18(12-8-16)21-14-4-2-1-3-13-20/h5-12,20H,1-4,13-14H2. The Hall–Kier alpha value is -1.87. The van der Waals surface area contributed by atoms with Gasteiger partial charge in [-0.05, 0) is 54.7 Å². The van der Waals surface area contributed by atoms with Crippen LogP contribution in [0.25, 0.3) is 11.1 Å². The highest BCUT2D eigenvalue weighted by Crippen LogP contribution is 2.22. The molecule has 0 radical (unpaired) electrons. The Bertz CT molecular complexity index is 520. The quantitative estimate of drug-likeness (QED) is 0.728. The van der Waals surface area contributed by atoms with Crippen LogP contribution in [-0.4, -0.2) is 18.3 Å². The molecule has 0 amide bonds. The van der Waals surface area contributed by atoms with Crippen molar-refractivity contribution in [2.24, 2.45) is 0 Å². The molecule has 0 aliphatic rings. The van der Waals surface area contributed by atoms with Crippen molar-refractivity contribution in [3.63, 3.8) is 0 Å². The third kappa shape index (κ3) is 5.20. The third-order valence-electron chi connectivity index (χ3n) is 3.35. The van der Waals surface area contributed by atoms with Gasteiger partial charge in [-0.3, -0.25) is 0 Å². The molecule has 0 unspecified atom stereocenters. The summed E-state index contributed by atoms with van der Waals surface area (Å²) in [5, 5.41) is 8.68. The van der Waals surface area contributed by atoms with Gasteiger partial charge in [0.2, 0.25) is 0 Å². The first-order chi connectivity index (χ1) is 10.3. The number of aliphatic hydroxyl groups is 1. The van der Waals surface area contributed by atoms with Gasteiger partial charge in [0.1, 0.15) is 11.6 Å². The molecule has 0 bridgehead atoms. The van der Waals surface area contributed by atoms with Crippen molar-refractivity contribution in [1.82, 2.24) is 0 Å². The second kappa shape index (κ2) is 8.42. The summed E-state index contributed by atoms with van der Waals surface area (Å²) in [7, 11) is 0. The van der Waals surface area contributed by atoms with Gasteiger partial charge in [-0.25, -0.2) is 4.39 Å². The SMILES string of the molecule is OCCCCCCOc1ccc(-c2ccc(F)cc2)cc1. The fourth-order valence-corrected chi connectivity index (χ4v) is 2.14. The Labute approximate surface area is 125 Å². The molecule has 0 atom stereocenters. The second-order valence-electron chi connectivity index (χ2n) is 5.02. The number of rotatable bonds is 8. The van der Waals surface area contributed by atoms with Crippen LogP contribution in [0.5, 0.6) is 5.75 Å². The van der Waals surface area contributed by atoms with Crippen molar-refractivity contribution in [2.75, 3.05) is 13.2 Å². The molecule has 3 heteroatoms. The van der Waals surface area contributed by atoms with Crippen LogP contribution in [0.4, 0.5) is 4.39 Å². The summed E-state index contributed by atoms with van der Waals surface area (Å²) in [4.78, 5) is 0. The van der Waals surface area contributed by atoms with Crippen molar-refractivity contribution >= 4 is 0 Å². The molecular formula is C18H21FO2. The predicted octanol–water partition coefficient (Wildman–Crippen LogP) is 4.42. The Morgan fingerprint density at radius 2 is 1.33 bits per heavy atom. The lowest BCUT2D eigenvalue weighted by molar-refractivity contribution is 0.273. The number of hydrogen-bond donors (Lipinski definition) is 1. The zero-order valence-corrected chi connectivity index (χ0v) is 12.1. The van der Waals surface area contributed by atoms with Crippen LogP contribution in [0.1, 0.15) is 25.7 Å². The van der Waals surface area contributed by atoms with E-state index in [1.165, 1.54) is 12.1 Å². The van der Waals surface area contributed by atoms with Crippen LogP contribution >= 0.6 is 0 Å². The summed E-state index contributed by atoms with van der Waals surface area (Å²) in [6.45, 7) is 0.965. The van der Waals surface area contributed by atoms with Gasteiger partial charge in [0.25, 0.3) is 0 Å². The largest absolute Gasteiger partial charge is 0.494 e. The molecule has 0 aliphatic carbocycles. The van der Waals surface area contributed by atoms with Gasteiger partial charge in [-0.15, -0.1) is 0 Å². The highest BCUT2D eigenvalue weighted by atomic mass is 19.1. The molecule has 0 aliphatic heterocycles. The number of hydrogen-bond acceptors (Lipinski definition) is 2. The molecule has 2 rings (SSSR count). The number of unbranched alkanes of at least 4 members (excludes halogenated alkanes) is 3. The first kappa shape index (κ1) is 15.5. The number of benzene rings is 2. The second-order valence-corrected chi connectivity index (χ2v) is 5.02. The van der Waals surface area contributed by atoms with E-state index in [4.69, 9.17) is 9.84 Å². The zero-order valence-electron chi connectivity index (χ0n) is 12.1. The molecule has 1 N–H and O–H groups in total. The van der Waals surface area contributed by atoms with Gasteiger partial charge in [0, 0.05) is 6.61 Å². The monoisotopic (exact) mass is 288 g/mol. The highest BCUT2D eigenvalue weighted by molar-refractivity contribution is 5.63. The average molecular weight is 288 g/mol. The molecule has 2 aromatic rings. The van der Waals surface area contributed by atoms with E-state index in [0.717, 1.165) is 42.6 Å². The Morgan fingerprint density at radius 1 is 0.762 bits per heavy atom. The minimum atomic E-state index is -0.222. The molecule has 2 aromatic carbocycles. The molecule has 0 saturated heterocycles. The van der Waals surface area contributed by atoms with Crippen LogP contribution < -0.4 is 4.74 Å². The molecular weight excluding hydrogens is 267 g/mol. The van der Waals surface area contributed by atoms with Crippen LogP contribution in [0.15, 0.2) is 48.5 Å². The summed E-state index contributed by atoms with van der Waals surface area (Å²) >= 11 is 0. The predicted molar refractivity (Wildman–Crippen MR) is 82.9 cm³/mol. The van der Waals surface area contributed by atoms with E-state index >= 15 is 0 Å². The van der Waals surface area contributed by atoms with Crippen molar-refractivity contribution in [1.29, 1.82) is 0 Å². The minimum Gasteiger partial charge on any atom is -0.494 e. The van der Waals surface area contributed by atoms with Crippen LogP contribution in [0.2, 0.25) is 0 Å². The first-order valence-corrected chi connectivity index (χ1v) is 7.39. The summed E-state index contributed by atoms with van der Waals surface area (Å²) < 4.78 is 18.6. The fourth-order valence-electron chi connectivity index (χ4n) is 2.14. The maximum atomic E-state index is 12.9. The van der Waals surface area contributed by atoms with Gasteiger partial charge in [0.15, 0.2) is 0 Å².